The fraction of sp³-hybridized carbons (Fsp3) is 0. The lowest BCUT2D eigenvalue weighted by atomic mass is 10.1. The molecule has 0 atom stereocenters. The number of nitrogens with one attached hydrogen (secondary N) is 1. The average molecular weight is 397 g/mol. The number of nitriles is 1. The number of hydrogen-bond donors (Lipinski definition) is 2. The monoisotopic (exact) mass is 395 g/mol. The number of nitrogens with zero attached hydrogens (tertiary/aromatic N) is 2. The van der Waals surface area contributed by atoms with E-state index in [1.54, 1.807) is 6.07 Å². The minimum absolute atomic E-state index is 0.346. The molecule has 0 spiro atoms. The topological polar surface area (TPSA) is 89.8 Å². The first-order chi connectivity index (χ1) is 9.51. The largest absolute Gasteiger partial charge is 0.477 e. The van der Waals surface area contributed by atoms with Crippen LogP contribution < -0.4 is 0 Å². The molecule has 20 heavy (non-hydrogen) atoms. The predicted molar refractivity (Wildman–Crippen MR) is 80.6 cm³/mol. The van der Waals surface area contributed by atoms with Gasteiger partial charge in [-0.05, 0) is 24.3 Å². The number of rotatable bonds is 3. The second-order valence-corrected chi connectivity index (χ2v) is 5.66. The Morgan fingerprint density at radius 2 is 2.00 bits per heavy atom. The van der Waals surface area contributed by atoms with Crippen LogP contribution in [0.5, 0.6) is 0 Å². The second kappa shape index (κ2) is 6.03. The summed E-state index contributed by atoms with van der Waals surface area (Å²) in [4.78, 5) is 10.9. The van der Waals surface area contributed by atoms with Gasteiger partial charge in [0.1, 0.15) is 11.6 Å². The van der Waals surface area contributed by atoms with Crippen molar-refractivity contribution in [1.29, 1.82) is 5.26 Å². The zero-order valence-corrected chi connectivity index (χ0v) is 13.1. The Labute approximate surface area is 131 Å². The highest BCUT2D eigenvalue weighted by Gasteiger charge is 2.11. The number of hydrogen-bond acceptors (Lipinski definition) is 3. The molecule has 0 radical (unpaired) electrons. The van der Waals surface area contributed by atoms with Gasteiger partial charge in [0.15, 0.2) is 0 Å². The number of aromatic nitrogens is 2. The molecule has 0 saturated heterocycles. The van der Waals surface area contributed by atoms with E-state index in [1.165, 1.54) is 12.3 Å². The molecule has 1 heterocycles. The third-order valence-corrected chi connectivity index (χ3v) is 3.39. The Balaban J connectivity index is 2.54. The van der Waals surface area contributed by atoms with Crippen LogP contribution in [0.15, 0.2) is 38.9 Å². The van der Waals surface area contributed by atoms with Gasteiger partial charge >= 0.3 is 5.97 Å². The molecule has 100 valence electrons. The van der Waals surface area contributed by atoms with Gasteiger partial charge in [0.2, 0.25) is 0 Å². The highest BCUT2D eigenvalue weighted by molar-refractivity contribution is 9.11. The Bertz CT molecular complexity index is 724. The molecular weight excluding hydrogens is 390 g/mol. The van der Waals surface area contributed by atoms with Crippen LogP contribution in [0.4, 0.5) is 0 Å². The molecule has 5 nitrogen and oxygen atoms in total. The van der Waals surface area contributed by atoms with E-state index in [0.717, 1.165) is 14.5 Å². The first kappa shape index (κ1) is 14.5. The SMILES string of the molecule is N#C/C(=C\c1cn[nH]c1-c1cc(Br)cc(Br)c1)C(=O)O. The van der Waals surface area contributed by atoms with Crippen molar-refractivity contribution in [2.45, 2.75) is 0 Å². The second-order valence-electron chi connectivity index (χ2n) is 3.83. The van der Waals surface area contributed by atoms with E-state index in [2.05, 4.69) is 42.1 Å². The Morgan fingerprint density at radius 3 is 2.55 bits per heavy atom. The van der Waals surface area contributed by atoms with E-state index in [4.69, 9.17) is 10.4 Å². The van der Waals surface area contributed by atoms with Crippen LogP contribution in [0.3, 0.4) is 0 Å². The molecule has 2 N–H and O–H groups in total. The fourth-order valence-electron chi connectivity index (χ4n) is 1.63. The fourth-order valence-corrected chi connectivity index (χ4v) is 2.93. The van der Waals surface area contributed by atoms with Gasteiger partial charge in [0.25, 0.3) is 0 Å². The molecule has 0 aliphatic rings. The van der Waals surface area contributed by atoms with Gasteiger partial charge < -0.3 is 5.11 Å². The zero-order valence-electron chi connectivity index (χ0n) is 9.89. The Morgan fingerprint density at radius 1 is 1.35 bits per heavy atom. The maximum absolute atomic E-state index is 10.9. The number of carboxylic acid groups (broad SMARTS) is 1. The van der Waals surface area contributed by atoms with Crippen molar-refractivity contribution >= 4 is 43.9 Å². The van der Waals surface area contributed by atoms with Crippen molar-refractivity contribution < 1.29 is 9.90 Å². The van der Waals surface area contributed by atoms with E-state index in [-0.39, 0.29) is 5.57 Å². The van der Waals surface area contributed by atoms with Crippen LogP contribution in [-0.2, 0) is 4.79 Å². The molecule has 0 aliphatic carbocycles. The number of carbonyl (C=O) groups is 1. The number of H-pyrrole nitrogens is 1. The molecule has 0 bridgehead atoms. The average Bonchev–Trinajstić information content (AvgIpc) is 2.82. The number of aliphatic carboxylic acids is 1. The minimum Gasteiger partial charge on any atom is -0.477 e. The van der Waals surface area contributed by atoms with Crippen molar-refractivity contribution in [1.82, 2.24) is 10.2 Å². The summed E-state index contributed by atoms with van der Waals surface area (Å²) in [6.07, 6.45) is 2.76. The Kier molecular flexibility index (Phi) is 4.37. The third-order valence-electron chi connectivity index (χ3n) is 2.47. The van der Waals surface area contributed by atoms with Crippen LogP contribution in [0, 0.1) is 11.3 Å². The molecule has 0 fully saturated rings. The van der Waals surface area contributed by atoms with Crippen molar-refractivity contribution in [3.05, 3.63) is 44.5 Å². The van der Waals surface area contributed by atoms with E-state index in [9.17, 15) is 4.79 Å². The first-order valence-corrected chi connectivity index (χ1v) is 6.95. The van der Waals surface area contributed by atoms with Gasteiger partial charge in [-0.25, -0.2) is 4.79 Å². The summed E-state index contributed by atoms with van der Waals surface area (Å²) in [5, 5.41) is 24.4. The van der Waals surface area contributed by atoms with Crippen LogP contribution in [-0.4, -0.2) is 21.3 Å². The van der Waals surface area contributed by atoms with Gasteiger partial charge in [0.05, 0.1) is 11.9 Å². The maximum atomic E-state index is 10.9. The predicted octanol–water partition coefficient (Wildman–Crippen LogP) is 3.59. The molecule has 0 saturated carbocycles. The number of aromatic amines is 1. The smallest absolute Gasteiger partial charge is 0.346 e. The normalized spacial score (nSPS) is 11.2. The van der Waals surface area contributed by atoms with Gasteiger partial charge in [-0.2, -0.15) is 10.4 Å². The van der Waals surface area contributed by atoms with E-state index in [1.807, 2.05) is 18.2 Å². The van der Waals surface area contributed by atoms with E-state index in [0.29, 0.717) is 11.3 Å². The first-order valence-electron chi connectivity index (χ1n) is 5.36. The van der Waals surface area contributed by atoms with E-state index >= 15 is 0 Å². The molecule has 0 aliphatic heterocycles. The molecule has 2 rings (SSSR count). The molecule has 0 amide bonds. The summed E-state index contributed by atoms with van der Waals surface area (Å²) >= 11 is 6.77. The van der Waals surface area contributed by atoms with Crippen LogP contribution in [0.25, 0.3) is 17.3 Å². The van der Waals surface area contributed by atoms with Crippen LogP contribution in [0.2, 0.25) is 0 Å². The summed E-state index contributed by atoms with van der Waals surface area (Å²) in [5.41, 5.74) is 1.65. The summed E-state index contributed by atoms with van der Waals surface area (Å²) < 4.78 is 1.73. The number of carboxylic acids is 1. The number of benzene rings is 1. The van der Waals surface area contributed by atoms with Crippen molar-refractivity contribution in [2.75, 3.05) is 0 Å². The third kappa shape index (κ3) is 3.15. The van der Waals surface area contributed by atoms with Crippen molar-refractivity contribution in [3.63, 3.8) is 0 Å². The summed E-state index contributed by atoms with van der Waals surface area (Å²) in [6.45, 7) is 0. The molecule has 0 unspecified atom stereocenters. The molecule has 1 aromatic heterocycles. The van der Waals surface area contributed by atoms with Gasteiger partial charge in [-0.1, -0.05) is 31.9 Å². The van der Waals surface area contributed by atoms with Gasteiger partial charge in [0, 0.05) is 20.1 Å². The standard InChI is InChI=1S/C13H7Br2N3O2/c14-10-2-7(3-11(15)4-10)12-9(6-17-18-12)1-8(5-16)13(19)20/h1-4,6H,(H,17,18)(H,19,20)/b8-1+. The summed E-state index contributed by atoms with van der Waals surface area (Å²) in [5.74, 6) is -1.27. The molecule has 2 aromatic rings. The highest BCUT2D eigenvalue weighted by atomic mass is 79.9. The van der Waals surface area contributed by atoms with Crippen molar-refractivity contribution in [2.24, 2.45) is 0 Å². The lowest BCUT2D eigenvalue weighted by Gasteiger charge is -2.02. The summed E-state index contributed by atoms with van der Waals surface area (Å²) in [7, 11) is 0. The lowest BCUT2D eigenvalue weighted by molar-refractivity contribution is -0.132. The van der Waals surface area contributed by atoms with Crippen LogP contribution in [0.1, 0.15) is 5.56 Å². The minimum atomic E-state index is -1.27. The van der Waals surface area contributed by atoms with Gasteiger partial charge in [-0.3, -0.25) is 5.10 Å². The molecule has 1 aromatic carbocycles. The number of halogens is 2. The van der Waals surface area contributed by atoms with Crippen molar-refractivity contribution in [3.8, 4) is 17.3 Å². The van der Waals surface area contributed by atoms with E-state index < -0.39 is 5.97 Å². The Hall–Kier alpha value is -1.91. The quantitative estimate of drug-likeness (QED) is 0.612. The molecular formula is C13H7Br2N3O2. The van der Waals surface area contributed by atoms with Gasteiger partial charge in [-0.15, -0.1) is 0 Å². The van der Waals surface area contributed by atoms with Crippen LogP contribution >= 0.6 is 31.9 Å². The summed E-state index contributed by atoms with van der Waals surface area (Å²) in [6, 6.07) is 7.25. The molecule has 7 heteroatoms. The zero-order chi connectivity index (χ0) is 14.7. The highest BCUT2D eigenvalue weighted by Crippen LogP contribution is 2.29. The lowest BCUT2D eigenvalue weighted by Crippen LogP contribution is -1.97. The maximum Gasteiger partial charge on any atom is 0.346 e.